The van der Waals surface area contributed by atoms with E-state index in [1.54, 1.807) is 24.3 Å². The summed E-state index contributed by atoms with van der Waals surface area (Å²) in [7, 11) is 0. The second-order valence-electron chi connectivity index (χ2n) is 5.23. The van der Waals surface area contributed by atoms with Gasteiger partial charge in [0, 0.05) is 18.2 Å². The Morgan fingerprint density at radius 1 is 1.29 bits per heavy atom. The minimum absolute atomic E-state index is 0.164. The maximum absolute atomic E-state index is 12.1. The number of carbonyl (C=O) groups excluding carboxylic acids is 1. The molecule has 2 bridgehead atoms. The number of Topliss-reactive ketones (excluding diaryl/α,β-unsaturated/α-hetero) is 1. The highest BCUT2D eigenvalue weighted by atomic mass is 16.3. The van der Waals surface area contributed by atoms with Crippen molar-refractivity contribution in [2.24, 2.45) is 5.92 Å². The average molecular weight is 231 g/mol. The fraction of sp³-hybridized carbons (Fsp3) is 0.500. The number of fused-ring (bicyclic) bond motifs is 2. The van der Waals surface area contributed by atoms with E-state index in [1.165, 1.54) is 19.3 Å². The van der Waals surface area contributed by atoms with Crippen LogP contribution in [0.4, 0.5) is 0 Å². The van der Waals surface area contributed by atoms with Gasteiger partial charge >= 0.3 is 0 Å². The van der Waals surface area contributed by atoms with Crippen LogP contribution in [-0.2, 0) is 0 Å². The predicted molar refractivity (Wildman–Crippen MR) is 65.1 cm³/mol. The molecule has 1 aromatic carbocycles. The van der Waals surface area contributed by atoms with E-state index < -0.39 is 0 Å². The Bertz CT molecular complexity index is 426. The van der Waals surface area contributed by atoms with Crippen molar-refractivity contribution in [1.82, 2.24) is 4.90 Å². The number of aromatic hydroxyl groups is 1. The Hall–Kier alpha value is -1.35. The van der Waals surface area contributed by atoms with Gasteiger partial charge in [0.25, 0.3) is 0 Å². The highest BCUT2D eigenvalue weighted by molar-refractivity contribution is 5.97. The van der Waals surface area contributed by atoms with Gasteiger partial charge in [0.05, 0.1) is 6.54 Å². The van der Waals surface area contributed by atoms with Crippen molar-refractivity contribution in [3.8, 4) is 5.75 Å². The molecule has 2 unspecified atom stereocenters. The van der Waals surface area contributed by atoms with E-state index in [9.17, 15) is 9.90 Å². The number of hydrogen-bond donors (Lipinski definition) is 1. The van der Waals surface area contributed by atoms with Crippen LogP contribution < -0.4 is 0 Å². The average Bonchev–Trinajstić information content (AvgIpc) is 2.91. The summed E-state index contributed by atoms with van der Waals surface area (Å²) >= 11 is 0. The molecular weight excluding hydrogens is 214 g/mol. The number of benzene rings is 1. The third kappa shape index (κ3) is 2.07. The summed E-state index contributed by atoms with van der Waals surface area (Å²) in [6, 6.07) is 7.19. The first-order valence-electron chi connectivity index (χ1n) is 6.28. The molecule has 3 rings (SSSR count). The molecule has 1 heterocycles. The third-order valence-electron chi connectivity index (χ3n) is 4.06. The van der Waals surface area contributed by atoms with Crippen LogP contribution in [0.2, 0.25) is 0 Å². The van der Waals surface area contributed by atoms with Crippen LogP contribution in [-0.4, -0.2) is 34.9 Å². The predicted octanol–water partition coefficient (Wildman–Crippen LogP) is 2.06. The molecule has 1 aliphatic carbocycles. The molecule has 1 N–H and O–H groups in total. The molecule has 17 heavy (non-hydrogen) atoms. The van der Waals surface area contributed by atoms with Crippen molar-refractivity contribution in [1.29, 1.82) is 0 Å². The summed E-state index contributed by atoms with van der Waals surface area (Å²) in [5.74, 6) is 1.20. The summed E-state index contributed by atoms with van der Waals surface area (Å²) < 4.78 is 0. The Kier molecular flexibility index (Phi) is 2.63. The number of phenolic OH excluding ortho intramolecular Hbond substituents is 1. The van der Waals surface area contributed by atoms with Gasteiger partial charge in [-0.3, -0.25) is 9.69 Å². The Morgan fingerprint density at radius 2 is 2.06 bits per heavy atom. The first-order chi connectivity index (χ1) is 8.22. The first kappa shape index (κ1) is 10.8. The summed E-state index contributed by atoms with van der Waals surface area (Å²) in [5, 5.41) is 9.19. The van der Waals surface area contributed by atoms with Crippen LogP contribution in [0.15, 0.2) is 24.3 Å². The van der Waals surface area contributed by atoms with E-state index in [1.807, 2.05) is 0 Å². The normalized spacial score (nSPS) is 27.5. The zero-order valence-corrected chi connectivity index (χ0v) is 9.80. The van der Waals surface area contributed by atoms with Gasteiger partial charge in [-0.25, -0.2) is 0 Å². The third-order valence-corrected chi connectivity index (χ3v) is 4.06. The standard InChI is InChI=1S/C14H17NO2/c16-13-5-2-11(3-6-13)14(17)9-15-8-10-1-4-12(15)7-10/h2-3,5-6,10,12,16H,1,4,7-9H2. The van der Waals surface area contributed by atoms with Crippen molar-refractivity contribution in [3.63, 3.8) is 0 Å². The van der Waals surface area contributed by atoms with Crippen LogP contribution in [0.5, 0.6) is 5.75 Å². The number of nitrogens with zero attached hydrogens (tertiary/aromatic N) is 1. The molecule has 2 fully saturated rings. The Morgan fingerprint density at radius 3 is 2.65 bits per heavy atom. The highest BCUT2D eigenvalue weighted by Gasteiger charge is 2.38. The molecule has 2 aliphatic rings. The molecule has 1 saturated heterocycles. The van der Waals surface area contributed by atoms with E-state index in [0.29, 0.717) is 18.2 Å². The van der Waals surface area contributed by atoms with Crippen LogP contribution >= 0.6 is 0 Å². The molecule has 3 heteroatoms. The number of phenols is 1. The van der Waals surface area contributed by atoms with Gasteiger partial charge in [0.1, 0.15) is 5.75 Å². The number of ketones is 1. The van der Waals surface area contributed by atoms with Crippen molar-refractivity contribution < 1.29 is 9.90 Å². The second kappa shape index (κ2) is 4.15. The van der Waals surface area contributed by atoms with Gasteiger partial charge in [-0.05, 0) is 49.4 Å². The quantitative estimate of drug-likeness (QED) is 0.809. The molecule has 3 nitrogen and oxygen atoms in total. The van der Waals surface area contributed by atoms with E-state index in [4.69, 9.17) is 0 Å². The molecule has 1 saturated carbocycles. The topological polar surface area (TPSA) is 40.5 Å². The molecule has 0 amide bonds. The largest absolute Gasteiger partial charge is 0.508 e. The molecule has 1 aromatic rings. The second-order valence-corrected chi connectivity index (χ2v) is 5.23. The van der Waals surface area contributed by atoms with Crippen molar-refractivity contribution in [2.45, 2.75) is 25.3 Å². The van der Waals surface area contributed by atoms with E-state index in [-0.39, 0.29) is 11.5 Å². The van der Waals surface area contributed by atoms with Gasteiger partial charge in [0.2, 0.25) is 0 Å². The van der Waals surface area contributed by atoms with E-state index in [2.05, 4.69) is 4.90 Å². The van der Waals surface area contributed by atoms with Gasteiger partial charge in [-0.15, -0.1) is 0 Å². The minimum atomic E-state index is 0.164. The fourth-order valence-electron chi connectivity index (χ4n) is 3.14. The Labute approximate surface area is 101 Å². The molecule has 0 aromatic heterocycles. The van der Waals surface area contributed by atoms with E-state index >= 15 is 0 Å². The molecule has 0 spiro atoms. The Balaban J connectivity index is 1.65. The lowest BCUT2D eigenvalue weighted by molar-refractivity contribution is 0.0905. The fourth-order valence-corrected chi connectivity index (χ4v) is 3.14. The summed E-state index contributed by atoms with van der Waals surface area (Å²) in [6.07, 6.45) is 3.88. The van der Waals surface area contributed by atoms with Crippen molar-refractivity contribution in [3.05, 3.63) is 29.8 Å². The number of rotatable bonds is 3. The van der Waals surface area contributed by atoms with Crippen LogP contribution in [0.1, 0.15) is 29.6 Å². The molecule has 90 valence electrons. The maximum Gasteiger partial charge on any atom is 0.176 e. The zero-order valence-electron chi connectivity index (χ0n) is 9.80. The minimum Gasteiger partial charge on any atom is -0.508 e. The number of hydrogen-bond acceptors (Lipinski definition) is 3. The van der Waals surface area contributed by atoms with Crippen LogP contribution in [0.3, 0.4) is 0 Å². The van der Waals surface area contributed by atoms with Crippen LogP contribution in [0.25, 0.3) is 0 Å². The van der Waals surface area contributed by atoms with Gasteiger partial charge in [-0.2, -0.15) is 0 Å². The maximum atomic E-state index is 12.1. The van der Waals surface area contributed by atoms with Crippen LogP contribution in [0, 0.1) is 5.92 Å². The molecular formula is C14H17NO2. The van der Waals surface area contributed by atoms with Crippen molar-refractivity contribution >= 4 is 5.78 Å². The monoisotopic (exact) mass is 231 g/mol. The number of piperidine rings is 1. The molecule has 2 atom stereocenters. The summed E-state index contributed by atoms with van der Waals surface area (Å²) in [6.45, 7) is 1.63. The van der Waals surface area contributed by atoms with Gasteiger partial charge in [0.15, 0.2) is 5.78 Å². The van der Waals surface area contributed by atoms with Crippen molar-refractivity contribution in [2.75, 3.05) is 13.1 Å². The zero-order chi connectivity index (χ0) is 11.8. The number of likely N-dealkylation sites (tertiary alicyclic amines) is 1. The lowest BCUT2D eigenvalue weighted by atomic mass is 10.1. The number of carbonyl (C=O) groups is 1. The molecule has 0 radical (unpaired) electrons. The summed E-state index contributed by atoms with van der Waals surface area (Å²) in [5.41, 5.74) is 0.700. The molecule has 1 aliphatic heterocycles. The van der Waals surface area contributed by atoms with Gasteiger partial charge in [-0.1, -0.05) is 0 Å². The van der Waals surface area contributed by atoms with E-state index in [0.717, 1.165) is 12.5 Å². The summed E-state index contributed by atoms with van der Waals surface area (Å²) in [4.78, 5) is 14.4. The van der Waals surface area contributed by atoms with Gasteiger partial charge < -0.3 is 5.11 Å². The SMILES string of the molecule is O=C(CN1CC2CCC1C2)c1ccc(O)cc1. The lowest BCUT2D eigenvalue weighted by Crippen LogP contribution is -2.36. The smallest absolute Gasteiger partial charge is 0.176 e. The first-order valence-corrected chi connectivity index (χ1v) is 6.28. The highest BCUT2D eigenvalue weighted by Crippen LogP contribution is 2.37. The lowest BCUT2D eigenvalue weighted by Gasteiger charge is -2.25.